The number of rotatable bonds is 9. The highest BCUT2D eigenvalue weighted by atomic mass is 16.5. The number of pyridine rings is 1. The highest BCUT2D eigenvalue weighted by Crippen LogP contribution is 2.30. The molecule has 0 fully saturated rings. The molecule has 9 nitrogen and oxygen atoms in total. The van der Waals surface area contributed by atoms with E-state index in [4.69, 9.17) is 4.74 Å². The van der Waals surface area contributed by atoms with E-state index >= 15 is 0 Å². The molecule has 2 amide bonds. The largest absolute Gasteiger partial charge is 0.497 e. The molecule has 0 spiro atoms. The van der Waals surface area contributed by atoms with E-state index in [1.165, 1.54) is 4.90 Å². The minimum Gasteiger partial charge on any atom is -0.497 e. The van der Waals surface area contributed by atoms with Crippen molar-refractivity contribution in [3.05, 3.63) is 78.6 Å². The van der Waals surface area contributed by atoms with Gasteiger partial charge < -0.3 is 10.1 Å². The molecule has 4 rings (SSSR count). The first-order chi connectivity index (χ1) is 17.3. The average Bonchev–Trinajstić information content (AvgIpc) is 3.30. The molecule has 1 N–H and O–H groups in total. The molecule has 2 heterocycles. The monoisotopic (exact) mass is 486 g/mol. The fraction of sp³-hybridized carbons (Fsp3) is 0.296. The highest BCUT2D eigenvalue weighted by Gasteiger charge is 2.35. The number of para-hydroxylation sites is 1. The van der Waals surface area contributed by atoms with Crippen LogP contribution in [0.5, 0.6) is 5.75 Å². The number of aromatic nitrogens is 4. The van der Waals surface area contributed by atoms with E-state index in [1.54, 1.807) is 60.6 Å². The summed E-state index contributed by atoms with van der Waals surface area (Å²) in [5, 5.41) is 11.4. The SMILES string of the molecule is CCC(C)(C)NC(=O)[C@@H](c1cccnc1)N(C(=O)Cn1nnc2ccccc21)c1ccc(OC)cc1. The van der Waals surface area contributed by atoms with Gasteiger partial charge in [-0.3, -0.25) is 19.5 Å². The number of hydrogen-bond acceptors (Lipinski definition) is 6. The highest BCUT2D eigenvalue weighted by molar-refractivity contribution is 6.01. The van der Waals surface area contributed by atoms with Crippen LogP contribution in [0.25, 0.3) is 11.0 Å². The lowest BCUT2D eigenvalue weighted by Crippen LogP contribution is -2.51. The van der Waals surface area contributed by atoms with Crippen LogP contribution in [0, 0.1) is 0 Å². The third-order valence-corrected chi connectivity index (χ3v) is 6.18. The van der Waals surface area contributed by atoms with E-state index in [1.807, 2.05) is 45.0 Å². The normalized spacial score (nSPS) is 12.2. The van der Waals surface area contributed by atoms with E-state index in [-0.39, 0.29) is 18.4 Å². The fourth-order valence-corrected chi connectivity index (χ4v) is 3.86. The Morgan fingerprint density at radius 2 is 1.83 bits per heavy atom. The number of ether oxygens (including phenoxy) is 1. The number of nitrogens with one attached hydrogen (secondary N) is 1. The molecule has 186 valence electrons. The zero-order chi connectivity index (χ0) is 25.7. The van der Waals surface area contributed by atoms with Crippen molar-refractivity contribution in [2.24, 2.45) is 0 Å². The molecular weight excluding hydrogens is 456 g/mol. The Labute approximate surface area is 210 Å². The number of benzene rings is 2. The molecular formula is C27H30N6O3. The maximum absolute atomic E-state index is 14.0. The standard InChI is InChI=1S/C27H30N6O3/c1-5-27(2,3)29-26(35)25(19-9-8-16-28-17-19)33(20-12-14-21(36-4)15-13-20)24(34)18-32-23-11-7-6-10-22(23)30-31-32/h6-17,25H,5,18H2,1-4H3,(H,29,35)/t25-/m1/s1. The van der Waals surface area contributed by atoms with Crippen molar-refractivity contribution in [2.75, 3.05) is 12.0 Å². The van der Waals surface area contributed by atoms with Gasteiger partial charge in [0.15, 0.2) is 0 Å². The van der Waals surface area contributed by atoms with Crippen LogP contribution in [-0.2, 0) is 16.1 Å². The predicted octanol–water partition coefficient (Wildman–Crippen LogP) is 3.91. The summed E-state index contributed by atoms with van der Waals surface area (Å²) in [6, 6.07) is 17.1. The molecule has 0 unspecified atom stereocenters. The summed E-state index contributed by atoms with van der Waals surface area (Å²) < 4.78 is 6.84. The van der Waals surface area contributed by atoms with E-state index < -0.39 is 11.6 Å². The third kappa shape index (κ3) is 5.35. The zero-order valence-electron chi connectivity index (χ0n) is 20.9. The smallest absolute Gasteiger partial charge is 0.249 e. The van der Waals surface area contributed by atoms with Gasteiger partial charge in [-0.15, -0.1) is 5.10 Å². The quantitative estimate of drug-likeness (QED) is 0.385. The lowest BCUT2D eigenvalue weighted by atomic mass is 9.99. The predicted molar refractivity (Wildman–Crippen MR) is 137 cm³/mol. The van der Waals surface area contributed by atoms with Crippen LogP contribution >= 0.6 is 0 Å². The molecule has 4 aromatic rings. The molecule has 0 aliphatic rings. The Hall–Kier alpha value is -4.27. The molecule has 0 aliphatic carbocycles. The summed E-state index contributed by atoms with van der Waals surface area (Å²) in [5.74, 6) is 0.0134. The van der Waals surface area contributed by atoms with Crippen molar-refractivity contribution in [1.29, 1.82) is 0 Å². The van der Waals surface area contributed by atoms with E-state index in [0.29, 0.717) is 22.5 Å². The van der Waals surface area contributed by atoms with E-state index in [2.05, 4.69) is 20.6 Å². The summed E-state index contributed by atoms with van der Waals surface area (Å²) in [4.78, 5) is 33.5. The van der Waals surface area contributed by atoms with Gasteiger partial charge in [-0.1, -0.05) is 30.3 Å². The average molecular weight is 487 g/mol. The molecule has 0 aliphatic heterocycles. The summed E-state index contributed by atoms with van der Waals surface area (Å²) >= 11 is 0. The van der Waals surface area contributed by atoms with Crippen molar-refractivity contribution in [3.8, 4) is 5.75 Å². The van der Waals surface area contributed by atoms with E-state index in [0.717, 1.165) is 11.9 Å². The lowest BCUT2D eigenvalue weighted by molar-refractivity contribution is -0.128. The van der Waals surface area contributed by atoms with Gasteiger partial charge in [0.05, 0.1) is 12.6 Å². The van der Waals surface area contributed by atoms with Gasteiger partial charge in [0.25, 0.3) is 0 Å². The number of nitrogens with zero attached hydrogens (tertiary/aromatic N) is 5. The number of fused-ring (bicyclic) bond motifs is 1. The molecule has 9 heteroatoms. The molecule has 0 saturated heterocycles. The number of carbonyl (C=O) groups is 2. The Bertz CT molecular complexity index is 1330. The molecule has 0 saturated carbocycles. The van der Waals surface area contributed by atoms with Gasteiger partial charge in [0.1, 0.15) is 23.9 Å². The van der Waals surface area contributed by atoms with Gasteiger partial charge in [-0.05, 0) is 62.7 Å². The second-order valence-electron chi connectivity index (χ2n) is 9.11. The number of methoxy groups -OCH3 is 1. The first-order valence-corrected chi connectivity index (χ1v) is 11.8. The lowest BCUT2D eigenvalue weighted by Gasteiger charge is -2.34. The minimum absolute atomic E-state index is 0.103. The summed E-state index contributed by atoms with van der Waals surface area (Å²) in [6.45, 7) is 5.80. The molecule has 0 bridgehead atoms. The Morgan fingerprint density at radius 3 is 2.50 bits per heavy atom. The first kappa shape index (κ1) is 24.8. The molecule has 2 aromatic heterocycles. The number of anilines is 1. The Morgan fingerprint density at radius 1 is 1.08 bits per heavy atom. The van der Waals surface area contributed by atoms with E-state index in [9.17, 15) is 9.59 Å². The second kappa shape index (κ2) is 10.6. The van der Waals surface area contributed by atoms with Crippen LogP contribution in [0.3, 0.4) is 0 Å². The van der Waals surface area contributed by atoms with Crippen molar-refractivity contribution in [2.45, 2.75) is 45.3 Å². The van der Waals surface area contributed by atoms with Crippen LogP contribution in [0.15, 0.2) is 73.1 Å². The number of amides is 2. The van der Waals surface area contributed by atoms with Crippen LogP contribution in [0.4, 0.5) is 5.69 Å². The Balaban J connectivity index is 1.80. The number of carbonyl (C=O) groups excluding carboxylic acids is 2. The molecule has 0 radical (unpaired) electrons. The van der Waals surface area contributed by atoms with Gasteiger partial charge in [0.2, 0.25) is 11.8 Å². The van der Waals surface area contributed by atoms with Gasteiger partial charge in [-0.2, -0.15) is 0 Å². The minimum atomic E-state index is -0.958. The summed E-state index contributed by atoms with van der Waals surface area (Å²) in [5.41, 5.74) is 2.09. The second-order valence-corrected chi connectivity index (χ2v) is 9.11. The maximum atomic E-state index is 14.0. The van der Waals surface area contributed by atoms with Crippen LogP contribution < -0.4 is 15.0 Å². The van der Waals surface area contributed by atoms with Gasteiger partial charge in [0, 0.05) is 29.2 Å². The summed E-state index contributed by atoms with van der Waals surface area (Å²) in [7, 11) is 1.58. The van der Waals surface area contributed by atoms with Crippen LogP contribution in [0.1, 0.15) is 38.8 Å². The van der Waals surface area contributed by atoms with Crippen LogP contribution in [-0.4, -0.2) is 44.4 Å². The third-order valence-electron chi connectivity index (χ3n) is 6.18. The number of hydrogen-bond donors (Lipinski definition) is 1. The fourth-order valence-electron chi connectivity index (χ4n) is 3.86. The van der Waals surface area contributed by atoms with Gasteiger partial charge >= 0.3 is 0 Å². The Kier molecular flexibility index (Phi) is 7.28. The zero-order valence-corrected chi connectivity index (χ0v) is 20.9. The van der Waals surface area contributed by atoms with Crippen molar-refractivity contribution >= 4 is 28.5 Å². The first-order valence-electron chi connectivity index (χ1n) is 11.8. The molecule has 2 aromatic carbocycles. The van der Waals surface area contributed by atoms with Crippen molar-refractivity contribution in [3.63, 3.8) is 0 Å². The van der Waals surface area contributed by atoms with Crippen molar-refractivity contribution in [1.82, 2.24) is 25.3 Å². The molecule has 36 heavy (non-hydrogen) atoms. The summed E-state index contributed by atoms with van der Waals surface area (Å²) in [6.07, 6.45) is 3.97. The molecule has 1 atom stereocenters. The topological polar surface area (TPSA) is 102 Å². The van der Waals surface area contributed by atoms with Gasteiger partial charge in [-0.25, -0.2) is 4.68 Å². The van der Waals surface area contributed by atoms with Crippen LogP contribution in [0.2, 0.25) is 0 Å². The maximum Gasteiger partial charge on any atom is 0.249 e. The van der Waals surface area contributed by atoms with Crippen molar-refractivity contribution < 1.29 is 14.3 Å².